The Morgan fingerprint density at radius 3 is 1.29 bits per heavy atom. The lowest BCUT2D eigenvalue weighted by atomic mass is 10.1. The standard InChI is InChI=1S/C51H83NO5S/c1-3-5-7-9-11-13-15-17-19-21-23-25-26-27-29-31-33-35-37-39-41-43-45-47-51(54)52-49(48-58(55,56)57)50(53)46-44-42-40-38-36-34-32-30-28-24-22-20-18-16-14-12-10-8-6-4-2/h5,7,11,13,17,19,23,25,27-30,33,35-36,38-39,41,44,46,49-50,53H,3-4,6,8-10,12,14-16,18,20-22,24,26,31-32,34,37,40,42-43,45,47-48H2,1-2H3,(H,52,54)(H,55,56,57)/b7-5-,13-11-,19-17-,25-23-,29-27-,30-28+,35-33-,38-36+,41-39-,46-44+. The van der Waals surface area contributed by atoms with Gasteiger partial charge in [-0.15, -0.1) is 0 Å². The highest BCUT2D eigenvalue weighted by molar-refractivity contribution is 7.85. The van der Waals surface area contributed by atoms with Crippen molar-refractivity contribution in [2.24, 2.45) is 0 Å². The Hall–Kier alpha value is -3.26. The summed E-state index contributed by atoms with van der Waals surface area (Å²) < 4.78 is 32.6. The number of amides is 1. The van der Waals surface area contributed by atoms with Gasteiger partial charge in [-0.2, -0.15) is 8.42 Å². The van der Waals surface area contributed by atoms with Crippen molar-refractivity contribution in [3.63, 3.8) is 0 Å². The van der Waals surface area contributed by atoms with Gasteiger partial charge >= 0.3 is 0 Å². The third-order valence-electron chi connectivity index (χ3n) is 9.35. The molecule has 0 aliphatic rings. The van der Waals surface area contributed by atoms with E-state index in [1.165, 1.54) is 70.3 Å². The molecule has 328 valence electrons. The van der Waals surface area contributed by atoms with Gasteiger partial charge in [0, 0.05) is 6.42 Å². The molecule has 0 heterocycles. The van der Waals surface area contributed by atoms with Gasteiger partial charge < -0.3 is 10.4 Å². The van der Waals surface area contributed by atoms with Gasteiger partial charge in [0.1, 0.15) is 0 Å². The van der Waals surface area contributed by atoms with E-state index in [2.05, 4.69) is 122 Å². The maximum Gasteiger partial charge on any atom is 0.267 e. The first-order chi connectivity index (χ1) is 28.3. The SMILES string of the molecule is CC/C=C\C/C=C\C/C=C\C/C=C\C/C=C\C/C=C\C/C=C\CCCC(=O)NC(CS(=O)(=O)O)C(O)/C=C/CC/C=C/CC/C=C/CCCCCCCCCCCC. The lowest BCUT2D eigenvalue weighted by Crippen LogP contribution is -2.46. The lowest BCUT2D eigenvalue weighted by molar-refractivity contribution is -0.122. The maximum absolute atomic E-state index is 12.5. The number of hydrogen-bond acceptors (Lipinski definition) is 4. The van der Waals surface area contributed by atoms with Crippen LogP contribution in [-0.4, -0.2) is 41.9 Å². The topological polar surface area (TPSA) is 104 Å². The van der Waals surface area contributed by atoms with Gasteiger partial charge in [-0.3, -0.25) is 9.35 Å². The molecular weight excluding hydrogens is 739 g/mol. The normalized spacial score (nSPS) is 14.3. The second-order valence-electron chi connectivity index (χ2n) is 14.9. The van der Waals surface area contributed by atoms with Crippen LogP contribution in [0, 0.1) is 0 Å². The quantitative estimate of drug-likeness (QED) is 0.0325. The number of aliphatic hydroxyl groups excluding tert-OH is 1. The van der Waals surface area contributed by atoms with E-state index in [1.54, 1.807) is 6.08 Å². The molecule has 0 radical (unpaired) electrons. The summed E-state index contributed by atoms with van der Waals surface area (Å²) >= 11 is 0. The molecule has 0 aromatic heterocycles. The fourth-order valence-electron chi connectivity index (χ4n) is 6.00. The van der Waals surface area contributed by atoms with Gasteiger partial charge in [0.15, 0.2) is 0 Å². The van der Waals surface area contributed by atoms with Crippen LogP contribution in [0.1, 0.15) is 174 Å². The monoisotopic (exact) mass is 822 g/mol. The summed E-state index contributed by atoms with van der Waals surface area (Å²) in [4.78, 5) is 12.5. The fraction of sp³-hybridized carbons (Fsp3) is 0.588. The summed E-state index contributed by atoms with van der Waals surface area (Å²) in [5, 5.41) is 13.2. The zero-order valence-corrected chi connectivity index (χ0v) is 37.4. The van der Waals surface area contributed by atoms with Crippen molar-refractivity contribution in [1.29, 1.82) is 0 Å². The van der Waals surface area contributed by atoms with E-state index in [9.17, 15) is 22.9 Å². The van der Waals surface area contributed by atoms with Crippen LogP contribution < -0.4 is 5.32 Å². The van der Waals surface area contributed by atoms with Gasteiger partial charge in [-0.1, -0.05) is 193 Å². The molecule has 0 aliphatic heterocycles. The minimum Gasteiger partial charge on any atom is -0.387 e. The molecule has 7 heteroatoms. The van der Waals surface area contributed by atoms with Crippen molar-refractivity contribution < 1.29 is 22.9 Å². The Morgan fingerprint density at radius 2 is 0.845 bits per heavy atom. The van der Waals surface area contributed by atoms with Crippen LogP contribution in [0.15, 0.2) is 122 Å². The molecule has 2 atom stereocenters. The first-order valence-electron chi connectivity index (χ1n) is 22.7. The predicted molar refractivity (Wildman–Crippen MR) is 253 cm³/mol. The fourth-order valence-corrected chi connectivity index (χ4v) is 6.73. The van der Waals surface area contributed by atoms with Gasteiger partial charge in [-0.05, 0) is 96.3 Å². The number of carbonyl (C=O) groups excluding carboxylic acids is 1. The smallest absolute Gasteiger partial charge is 0.267 e. The van der Waals surface area contributed by atoms with Crippen molar-refractivity contribution in [2.45, 2.75) is 187 Å². The second kappa shape index (κ2) is 43.3. The Morgan fingerprint density at radius 1 is 0.483 bits per heavy atom. The molecule has 0 saturated carbocycles. The van der Waals surface area contributed by atoms with E-state index in [4.69, 9.17) is 0 Å². The van der Waals surface area contributed by atoms with E-state index in [1.807, 2.05) is 6.08 Å². The van der Waals surface area contributed by atoms with Crippen LogP contribution in [0.25, 0.3) is 0 Å². The average molecular weight is 822 g/mol. The number of nitrogens with one attached hydrogen (secondary N) is 1. The van der Waals surface area contributed by atoms with E-state index < -0.39 is 28.0 Å². The maximum atomic E-state index is 12.5. The van der Waals surface area contributed by atoms with Gasteiger partial charge in [0.25, 0.3) is 10.1 Å². The Kier molecular flexibility index (Phi) is 40.9. The number of allylic oxidation sites excluding steroid dienone is 19. The zero-order chi connectivity index (χ0) is 42.5. The molecule has 0 rings (SSSR count). The summed E-state index contributed by atoms with van der Waals surface area (Å²) in [5.41, 5.74) is 0. The van der Waals surface area contributed by atoms with E-state index >= 15 is 0 Å². The zero-order valence-electron chi connectivity index (χ0n) is 36.6. The molecule has 0 saturated heterocycles. The second-order valence-corrected chi connectivity index (χ2v) is 16.4. The number of unbranched alkanes of at least 4 members (excludes halogenated alkanes) is 13. The molecule has 0 fully saturated rings. The highest BCUT2D eigenvalue weighted by Gasteiger charge is 2.24. The van der Waals surface area contributed by atoms with Crippen molar-refractivity contribution in [2.75, 3.05) is 5.75 Å². The minimum atomic E-state index is -4.39. The van der Waals surface area contributed by atoms with Crippen molar-refractivity contribution >= 4 is 16.0 Å². The summed E-state index contributed by atoms with van der Waals surface area (Å²) in [7, 11) is -4.39. The summed E-state index contributed by atoms with van der Waals surface area (Å²) in [5.74, 6) is -1.10. The van der Waals surface area contributed by atoms with Crippen LogP contribution in [0.4, 0.5) is 0 Å². The van der Waals surface area contributed by atoms with Crippen LogP contribution in [-0.2, 0) is 14.9 Å². The highest BCUT2D eigenvalue weighted by Crippen LogP contribution is 2.12. The summed E-state index contributed by atoms with van der Waals surface area (Å²) in [6, 6.07) is -1.12. The molecule has 3 N–H and O–H groups in total. The van der Waals surface area contributed by atoms with Crippen LogP contribution in [0.5, 0.6) is 0 Å². The minimum absolute atomic E-state index is 0.196. The summed E-state index contributed by atoms with van der Waals surface area (Å²) in [6.07, 6.45) is 67.7. The largest absolute Gasteiger partial charge is 0.387 e. The van der Waals surface area contributed by atoms with Crippen LogP contribution in [0.2, 0.25) is 0 Å². The van der Waals surface area contributed by atoms with Gasteiger partial charge in [0.05, 0.1) is 17.9 Å². The number of rotatable bonds is 39. The Bertz CT molecular complexity index is 1360. The number of carbonyl (C=O) groups is 1. The first-order valence-corrected chi connectivity index (χ1v) is 24.3. The molecule has 0 spiro atoms. The van der Waals surface area contributed by atoms with Crippen molar-refractivity contribution in [3.8, 4) is 0 Å². The van der Waals surface area contributed by atoms with Crippen LogP contribution in [0.3, 0.4) is 0 Å². The molecule has 0 aromatic carbocycles. The molecule has 0 aromatic rings. The summed E-state index contributed by atoms with van der Waals surface area (Å²) in [6.45, 7) is 4.41. The predicted octanol–water partition coefficient (Wildman–Crippen LogP) is 14.1. The Labute approximate surface area is 356 Å². The third kappa shape index (κ3) is 43.9. The first kappa shape index (κ1) is 54.7. The molecule has 1 amide bonds. The molecular formula is C51H83NO5S. The van der Waals surface area contributed by atoms with E-state index in [0.717, 1.165) is 70.6 Å². The van der Waals surface area contributed by atoms with Gasteiger partial charge in [0.2, 0.25) is 5.91 Å². The number of aliphatic hydroxyl groups is 1. The van der Waals surface area contributed by atoms with Gasteiger partial charge in [-0.25, -0.2) is 0 Å². The average Bonchev–Trinajstić information content (AvgIpc) is 3.19. The molecule has 0 bridgehead atoms. The lowest BCUT2D eigenvalue weighted by Gasteiger charge is -2.21. The third-order valence-corrected chi connectivity index (χ3v) is 10.1. The van der Waals surface area contributed by atoms with Crippen molar-refractivity contribution in [3.05, 3.63) is 122 Å². The Balaban J connectivity index is 4.11. The van der Waals surface area contributed by atoms with Crippen LogP contribution >= 0.6 is 0 Å². The van der Waals surface area contributed by atoms with Crippen molar-refractivity contribution in [1.82, 2.24) is 5.32 Å². The van der Waals surface area contributed by atoms with E-state index in [-0.39, 0.29) is 12.3 Å². The molecule has 2 unspecified atom stereocenters. The molecule has 6 nitrogen and oxygen atoms in total. The molecule has 0 aliphatic carbocycles. The highest BCUT2D eigenvalue weighted by atomic mass is 32.2. The number of hydrogen-bond donors (Lipinski definition) is 3. The van der Waals surface area contributed by atoms with E-state index in [0.29, 0.717) is 19.3 Å². The molecule has 58 heavy (non-hydrogen) atoms.